The summed E-state index contributed by atoms with van der Waals surface area (Å²) >= 11 is 0. The average molecular weight is 533 g/mol. The molecule has 1 N–H and O–H groups in total. The van der Waals surface area contributed by atoms with E-state index in [1.165, 1.54) is 14.0 Å². The highest BCUT2D eigenvalue weighted by atomic mass is 19.4. The first-order valence-electron chi connectivity index (χ1n) is 11.4. The van der Waals surface area contributed by atoms with Crippen molar-refractivity contribution in [3.05, 3.63) is 71.3 Å². The second-order valence-corrected chi connectivity index (χ2v) is 9.26. The Morgan fingerprint density at radius 3 is 2.11 bits per heavy atom. The van der Waals surface area contributed by atoms with Crippen LogP contribution in [0.5, 0.6) is 23.0 Å². The molecule has 3 aromatic carbocycles. The van der Waals surface area contributed by atoms with Crippen LogP contribution in [0.4, 0.5) is 13.2 Å². The van der Waals surface area contributed by atoms with Gasteiger partial charge < -0.3 is 24.1 Å². The molecular formula is C28H27F3O7. The minimum atomic E-state index is -4.87. The van der Waals surface area contributed by atoms with Gasteiger partial charge in [0.05, 0.1) is 12.7 Å². The first kappa shape index (κ1) is 28.4. The molecule has 7 nitrogen and oxygen atoms in total. The van der Waals surface area contributed by atoms with Gasteiger partial charge in [0.1, 0.15) is 40.8 Å². The minimum absolute atomic E-state index is 0.0246. The molecular weight excluding hydrogens is 505 g/mol. The van der Waals surface area contributed by atoms with Gasteiger partial charge in [0.25, 0.3) is 0 Å². The number of carbonyl (C=O) groups is 2. The fourth-order valence-corrected chi connectivity index (χ4v) is 3.57. The summed E-state index contributed by atoms with van der Waals surface area (Å²) < 4.78 is 61.5. The van der Waals surface area contributed by atoms with Gasteiger partial charge in [-0.3, -0.25) is 4.79 Å². The normalized spacial score (nSPS) is 11.6. The molecule has 10 heteroatoms. The van der Waals surface area contributed by atoms with Crippen LogP contribution < -0.4 is 14.2 Å². The highest BCUT2D eigenvalue weighted by Crippen LogP contribution is 2.40. The Kier molecular flexibility index (Phi) is 8.24. The number of hydrogen-bond acceptors (Lipinski definition) is 7. The maximum Gasteiger partial charge on any atom is 0.419 e. The molecule has 0 aliphatic rings. The van der Waals surface area contributed by atoms with E-state index in [2.05, 4.69) is 0 Å². The number of benzene rings is 3. The van der Waals surface area contributed by atoms with E-state index in [0.29, 0.717) is 23.3 Å². The van der Waals surface area contributed by atoms with Gasteiger partial charge in [0, 0.05) is 24.1 Å². The van der Waals surface area contributed by atoms with Crippen LogP contribution in [-0.2, 0) is 22.3 Å². The lowest BCUT2D eigenvalue weighted by Gasteiger charge is -2.22. The van der Waals surface area contributed by atoms with Crippen molar-refractivity contribution < 1.29 is 46.8 Å². The number of phenols is 1. The lowest BCUT2D eigenvalue weighted by atomic mass is 10.0. The number of hydrogen-bond donors (Lipinski definition) is 1. The Morgan fingerprint density at radius 1 is 0.921 bits per heavy atom. The van der Waals surface area contributed by atoms with Crippen molar-refractivity contribution >= 4 is 11.9 Å². The highest BCUT2D eigenvalue weighted by Gasteiger charge is 2.37. The summed E-state index contributed by atoms with van der Waals surface area (Å²) in [6.45, 7) is 5.67. The topological polar surface area (TPSA) is 91.3 Å². The molecule has 0 fully saturated rings. The lowest BCUT2D eigenvalue weighted by Crippen LogP contribution is -2.25. The van der Waals surface area contributed by atoms with Crippen LogP contribution in [0.25, 0.3) is 11.1 Å². The third-order valence-corrected chi connectivity index (χ3v) is 5.17. The smallest absolute Gasteiger partial charge is 0.419 e. The molecule has 0 spiro atoms. The zero-order chi connectivity index (χ0) is 28.3. The van der Waals surface area contributed by atoms with E-state index < -0.39 is 40.6 Å². The predicted octanol–water partition coefficient (Wildman–Crippen LogP) is 6.55. The van der Waals surface area contributed by atoms with Crippen molar-refractivity contribution in [1.82, 2.24) is 0 Å². The highest BCUT2D eigenvalue weighted by molar-refractivity contribution is 5.95. The van der Waals surface area contributed by atoms with Gasteiger partial charge in [-0.25, -0.2) is 4.79 Å². The van der Waals surface area contributed by atoms with Crippen molar-refractivity contribution in [1.29, 1.82) is 0 Å². The second-order valence-electron chi connectivity index (χ2n) is 9.26. The first-order valence-corrected chi connectivity index (χ1v) is 11.4. The largest absolute Gasteiger partial charge is 0.506 e. The van der Waals surface area contributed by atoms with Crippen molar-refractivity contribution in [2.45, 2.75) is 46.1 Å². The molecule has 0 atom stereocenters. The number of halogens is 3. The third kappa shape index (κ3) is 6.96. The van der Waals surface area contributed by atoms with Crippen molar-refractivity contribution in [3.63, 3.8) is 0 Å². The number of alkyl halides is 3. The Labute approximate surface area is 217 Å². The van der Waals surface area contributed by atoms with E-state index in [4.69, 9.17) is 18.9 Å². The number of aromatic hydroxyl groups is 1. The van der Waals surface area contributed by atoms with Crippen LogP contribution in [0, 0.1) is 0 Å². The molecule has 38 heavy (non-hydrogen) atoms. The summed E-state index contributed by atoms with van der Waals surface area (Å²) in [7, 11) is 1.48. The van der Waals surface area contributed by atoms with E-state index in [-0.39, 0.29) is 12.2 Å². The van der Waals surface area contributed by atoms with Crippen molar-refractivity contribution in [2.75, 3.05) is 7.11 Å². The Hall–Kier alpha value is -4.21. The fraction of sp³-hybridized carbons (Fsp3) is 0.286. The number of rotatable bonds is 7. The third-order valence-electron chi connectivity index (χ3n) is 5.17. The van der Waals surface area contributed by atoms with Gasteiger partial charge in [-0.05, 0) is 56.7 Å². The lowest BCUT2D eigenvalue weighted by molar-refractivity contribution is -0.138. The van der Waals surface area contributed by atoms with Gasteiger partial charge in [0.15, 0.2) is 0 Å². The standard InChI is InChI=1S/C28H27F3O7/c1-16(32)37-20-11-12-21(23(14-20)35-5)17-6-9-19(10-7-17)36-15-18-8-13-22(28(29,30)31)25(33)24(18)26(34)38-27(2,3)4/h6-14,33H,15H2,1-5H3. The van der Waals surface area contributed by atoms with Crippen molar-refractivity contribution in [2.24, 2.45) is 0 Å². The van der Waals surface area contributed by atoms with E-state index >= 15 is 0 Å². The van der Waals surface area contributed by atoms with Gasteiger partial charge in [-0.2, -0.15) is 13.2 Å². The average Bonchev–Trinajstić information content (AvgIpc) is 2.80. The summed E-state index contributed by atoms with van der Waals surface area (Å²) in [6, 6.07) is 13.4. The molecule has 202 valence electrons. The van der Waals surface area contributed by atoms with Crippen LogP contribution in [0.2, 0.25) is 0 Å². The second kappa shape index (κ2) is 11.0. The zero-order valence-electron chi connectivity index (χ0n) is 21.4. The quantitative estimate of drug-likeness (QED) is 0.273. The van der Waals surface area contributed by atoms with E-state index in [9.17, 15) is 27.9 Å². The van der Waals surface area contributed by atoms with Gasteiger partial charge in [0.2, 0.25) is 0 Å². The summed E-state index contributed by atoms with van der Waals surface area (Å²) in [6.07, 6.45) is -4.87. The molecule has 0 saturated carbocycles. The molecule has 0 aliphatic carbocycles. The zero-order valence-corrected chi connectivity index (χ0v) is 21.4. The summed E-state index contributed by atoms with van der Waals surface area (Å²) in [5, 5.41) is 10.3. The SMILES string of the molecule is COc1cc(OC(C)=O)ccc1-c1ccc(OCc2ccc(C(F)(F)F)c(O)c2C(=O)OC(C)(C)C)cc1. The predicted molar refractivity (Wildman–Crippen MR) is 132 cm³/mol. The number of carbonyl (C=O) groups excluding carboxylic acids is 2. The fourth-order valence-electron chi connectivity index (χ4n) is 3.57. The molecule has 0 radical (unpaired) electrons. The molecule has 3 rings (SSSR count). The first-order chi connectivity index (χ1) is 17.7. The Morgan fingerprint density at radius 2 is 1.55 bits per heavy atom. The number of phenolic OH excluding ortho intramolecular Hbond substituents is 1. The molecule has 0 aromatic heterocycles. The van der Waals surface area contributed by atoms with Crippen LogP contribution in [0.1, 0.15) is 49.2 Å². The molecule has 0 heterocycles. The Balaban J connectivity index is 1.86. The summed E-state index contributed by atoms with van der Waals surface area (Å²) in [5.41, 5.74) is -1.45. The number of esters is 2. The molecule has 3 aromatic rings. The van der Waals surface area contributed by atoms with Crippen LogP contribution >= 0.6 is 0 Å². The van der Waals surface area contributed by atoms with Crippen LogP contribution in [0.15, 0.2) is 54.6 Å². The maximum absolute atomic E-state index is 13.3. The number of methoxy groups -OCH3 is 1. The van der Waals surface area contributed by atoms with Crippen LogP contribution in [0.3, 0.4) is 0 Å². The molecule has 0 bridgehead atoms. The monoisotopic (exact) mass is 532 g/mol. The van der Waals surface area contributed by atoms with E-state index in [1.54, 1.807) is 63.2 Å². The Bertz CT molecular complexity index is 1320. The van der Waals surface area contributed by atoms with Gasteiger partial charge in [-0.1, -0.05) is 18.2 Å². The molecule has 0 unspecified atom stereocenters. The molecule has 0 amide bonds. The van der Waals surface area contributed by atoms with E-state index in [0.717, 1.165) is 17.2 Å². The van der Waals surface area contributed by atoms with Gasteiger partial charge in [-0.15, -0.1) is 0 Å². The minimum Gasteiger partial charge on any atom is -0.506 e. The molecule has 0 saturated heterocycles. The van der Waals surface area contributed by atoms with Crippen LogP contribution in [-0.4, -0.2) is 29.8 Å². The van der Waals surface area contributed by atoms with Crippen molar-refractivity contribution in [3.8, 4) is 34.1 Å². The molecule has 0 aliphatic heterocycles. The summed E-state index contributed by atoms with van der Waals surface area (Å²) in [4.78, 5) is 23.9. The maximum atomic E-state index is 13.3. The summed E-state index contributed by atoms with van der Waals surface area (Å²) in [5.74, 6) is -1.61. The van der Waals surface area contributed by atoms with E-state index in [1.807, 2.05) is 0 Å². The van der Waals surface area contributed by atoms with Gasteiger partial charge >= 0.3 is 18.1 Å². The number of ether oxygens (including phenoxy) is 4.